The Bertz CT molecular complexity index is 119. The van der Waals surface area contributed by atoms with Crippen molar-refractivity contribution in [3.63, 3.8) is 0 Å². The lowest BCUT2D eigenvalue weighted by Gasteiger charge is -2.08. The van der Waals surface area contributed by atoms with Gasteiger partial charge in [0.25, 0.3) is 0 Å². The van der Waals surface area contributed by atoms with Crippen LogP contribution >= 0.6 is 0 Å². The summed E-state index contributed by atoms with van der Waals surface area (Å²) < 4.78 is 0. The van der Waals surface area contributed by atoms with Gasteiger partial charge in [0.2, 0.25) is 0 Å². The first kappa shape index (κ1) is 12.6. The maximum atomic E-state index is 3.96. The van der Waals surface area contributed by atoms with Gasteiger partial charge in [-0.05, 0) is 46.1 Å². The van der Waals surface area contributed by atoms with Crippen molar-refractivity contribution in [1.82, 2.24) is 4.90 Å². The highest BCUT2D eigenvalue weighted by molar-refractivity contribution is 5.56. The fourth-order valence-electron chi connectivity index (χ4n) is 1.32. The monoisotopic (exact) mass is 184 g/mol. The van der Waals surface area contributed by atoms with Gasteiger partial charge in [0.05, 0.1) is 0 Å². The van der Waals surface area contributed by atoms with E-state index in [1.54, 1.807) is 0 Å². The lowest BCUT2D eigenvalue weighted by atomic mass is 10.1. The lowest BCUT2D eigenvalue weighted by Crippen LogP contribution is -2.12. The van der Waals surface area contributed by atoms with E-state index in [4.69, 9.17) is 0 Å². The van der Waals surface area contributed by atoms with Crippen LogP contribution in [0.25, 0.3) is 0 Å². The molecular weight excluding hydrogens is 160 g/mol. The van der Waals surface area contributed by atoms with Gasteiger partial charge in [-0.15, -0.1) is 0 Å². The summed E-state index contributed by atoms with van der Waals surface area (Å²) in [5.74, 6) is 0. The van der Waals surface area contributed by atoms with Crippen molar-refractivity contribution in [1.29, 1.82) is 0 Å². The molecule has 0 aromatic rings. The van der Waals surface area contributed by atoms with Crippen LogP contribution in [0.5, 0.6) is 0 Å². The lowest BCUT2D eigenvalue weighted by molar-refractivity contribution is 0.390. The molecule has 2 nitrogen and oxygen atoms in total. The van der Waals surface area contributed by atoms with E-state index in [0.29, 0.717) is 0 Å². The summed E-state index contributed by atoms with van der Waals surface area (Å²) >= 11 is 0. The molecule has 0 unspecified atom stereocenters. The van der Waals surface area contributed by atoms with Crippen molar-refractivity contribution in [3.8, 4) is 0 Å². The van der Waals surface area contributed by atoms with Gasteiger partial charge in [-0.1, -0.05) is 19.3 Å². The van der Waals surface area contributed by atoms with Gasteiger partial charge >= 0.3 is 0 Å². The maximum absolute atomic E-state index is 3.96. The fraction of sp³-hybridized carbons (Fsp3) is 0.909. The second-order valence-electron chi connectivity index (χ2n) is 3.80. The molecule has 0 bridgehead atoms. The summed E-state index contributed by atoms with van der Waals surface area (Å²) in [5, 5.41) is 0. The number of aliphatic imine (C=N–C) groups is 1. The van der Waals surface area contributed by atoms with E-state index in [0.717, 1.165) is 6.42 Å². The summed E-state index contributed by atoms with van der Waals surface area (Å²) in [6, 6.07) is 0. The molecule has 0 aliphatic rings. The Labute approximate surface area is 83.0 Å². The smallest absolute Gasteiger partial charge is 0.0273 e. The van der Waals surface area contributed by atoms with E-state index in [2.05, 4.69) is 24.0 Å². The van der Waals surface area contributed by atoms with Gasteiger partial charge in [0, 0.05) is 7.05 Å². The molecule has 0 heterocycles. The summed E-state index contributed by atoms with van der Waals surface area (Å²) in [7, 11) is 6.12. The van der Waals surface area contributed by atoms with E-state index >= 15 is 0 Å². The van der Waals surface area contributed by atoms with Crippen molar-refractivity contribution >= 4 is 6.21 Å². The van der Waals surface area contributed by atoms with Crippen molar-refractivity contribution in [2.24, 2.45) is 4.99 Å². The third-order valence-corrected chi connectivity index (χ3v) is 2.12. The molecule has 0 rings (SSSR count). The van der Waals surface area contributed by atoms with E-state index in [-0.39, 0.29) is 0 Å². The molecule has 0 radical (unpaired) electrons. The van der Waals surface area contributed by atoms with Crippen molar-refractivity contribution in [2.75, 3.05) is 27.7 Å². The zero-order valence-corrected chi connectivity index (χ0v) is 9.42. The standard InChI is InChI=1S/C11H24N2/c1-12-10-8-6-4-5-7-9-11-13(2)3/h10H,4-9,11H2,1-3H3. The molecule has 0 aromatic heterocycles. The first-order chi connectivity index (χ1) is 6.27. The van der Waals surface area contributed by atoms with Gasteiger partial charge < -0.3 is 9.89 Å². The van der Waals surface area contributed by atoms with Crippen LogP contribution in [-0.2, 0) is 0 Å². The molecule has 0 aliphatic heterocycles. The largest absolute Gasteiger partial charge is 0.309 e. The van der Waals surface area contributed by atoms with Crippen LogP contribution in [0.3, 0.4) is 0 Å². The number of hydrogen-bond donors (Lipinski definition) is 0. The number of hydrogen-bond acceptors (Lipinski definition) is 2. The summed E-state index contributed by atoms with van der Waals surface area (Å²) in [4.78, 5) is 6.21. The molecule has 0 fully saturated rings. The predicted molar refractivity (Wildman–Crippen MR) is 60.7 cm³/mol. The van der Waals surface area contributed by atoms with E-state index in [9.17, 15) is 0 Å². The summed E-state index contributed by atoms with van der Waals surface area (Å²) in [6.45, 7) is 1.23. The Morgan fingerprint density at radius 2 is 1.62 bits per heavy atom. The van der Waals surface area contributed by atoms with Gasteiger partial charge in [0.1, 0.15) is 0 Å². The number of unbranched alkanes of at least 4 members (excludes halogenated alkanes) is 5. The van der Waals surface area contributed by atoms with Gasteiger partial charge in [-0.25, -0.2) is 0 Å². The van der Waals surface area contributed by atoms with E-state index in [1.165, 1.54) is 38.6 Å². The predicted octanol–water partition coefficient (Wildman–Crippen LogP) is 2.59. The molecule has 78 valence electrons. The molecule has 0 N–H and O–H groups in total. The average molecular weight is 184 g/mol. The van der Waals surface area contributed by atoms with Gasteiger partial charge in [0.15, 0.2) is 0 Å². The molecule has 0 aliphatic carbocycles. The topological polar surface area (TPSA) is 15.6 Å². The third kappa shape index (κ3) is 11.6. The Hall–Kier alpha value is -0.370. The van der Waals surface area contributed by atoms with Crippen molar-refractivity contribution in [3.05, 3.63) is 0 Å². The Kier molecular flexibility index (Phi) is 9.44. The highest BCUT2D eigenvalue weighted by Crippen LogP contribution is 2.04. The second kappa shape index (κ2) is 9.72. The zero-order valence-electron chi connectivity index (χ0n) is 9.42. The van der Waals surface area contributed by atoms with Crippen molar-refractivity contribution < 1.29 is 0 Å². The average Bonchev–Trinajstić information content (AvgIpc) is 2.09. The van der Waals surface area contributed by atoms with Gasteiger partial charge in [-0.2, -0.15) is 0 Å². The number of rotatable bonds is 8. The summed E-state index contributed by atoms with van der Waals surface area (Å²) in [5.41, 5.74) is 0. The van der Waals surface area contributed by atoms with Crippen LogP contribution in [0.1, 0.15) is 38.5 Å². The SMILES string of the molecule is CN=CCCCCCCCN(C)C. The second-order valence-corrected chi connectivity index (χ2v) is 3.80. The first-order valence-corrected chi connectivity index (χ1v) is 5.32. The normalized spacial score (nSPS) is 11.7. The quantitative estimate of drug-likeness (QED) is 0.418. The van der Waals surface area contributed by atoms with Crippen LogP contribution in [0, 0.1) is 0 Å². The number of nitrogens with zero attached hydrogens (tertiary/aromatic N) is 2. The minimum Gasteiger partial charge on any atom is -0.309 e. The Balaban J connectivity index is 2.91. The minimum atomic E-state index is 1.16. The van der Waals surface area contributed by atoms with Crippen LogP contribution in [0.15, 0.2) is 4.99 Å². The molecule has 2 heteroatoms. The molecule has 0 saturated carbocycles. The molecule has 0 atom stereocenters. The van der Waals surface area contributed by atoms with Crippen LogP contribution in [0.2, 0.25) is 0 Å². The van der Waals surface area contributed by atoms with E-state index < -0.39 is 0 Å². The molecule has 0 saturated heterocycles. The fourth-order valence-corrected chi connectivity index (χ4v) is 1.32. The van der Waals surface area contributed by atoms with Gasteiger partial charge in [-0.3, -0.25) is 0 Å². The molecule has 13 heavy (non-hydrogen) atoms. The Morgan fingerprint density at radius 1 is 1.00 bits per heavy atom. The molecule has 0 amide bonds. The first-order valence-electron chi connectivity index (χ1n) is 5.32. The highest BCUT2D eigenvalue weighted by Gasteiger charge is 1.91. The van der Waals surface area contributed by atoms with Crippen LogP contribution < -0.4 is 0 Å². The minimum absolute atomic E-state index is 1.16. The zero-order chi connectivity index (χ0) is 9.94. The maximum Gasteiger partial charge on any atom is 0.0273 e. The van der Waals surface area contributed by atoms with Crippen LogP contribution in [0.4, 0.5) is 0 Å². The summed E-state index contributed by atoms with van der Waals surface area (Å²) in [6.07, 6.45) is 9.93. The van der Waals surface area contributed by atoms with Crippen molar-refractivity contribution in [2.45, 2.75) is 38.5 Å². The highest BCUT2D eigenvalue weighted by atomic mass is 15.0. The molecule has 0 aromatic carbocycles. The molecular formula is C11H24N2. The third-order valence-electron chi connectivity index (χ3n) is 2.12. The molecule has 0 spiro atoms. The Morgan fingerprint density at radius 3 is 2.23 bits per heavy atom. The van der Waals surface area contributed by atoms with E-state index in [1.807, 2.05) is 13.3 Å². The van der Waals surface area contributed by atoms with Crippen LogP contribution in [-0.4, -0.2) is 38.8 Å².